The first kappa shape index (κ1) is 12.2. The molecule has 0 saturated carbocycles. The molecule has 17 heavy (non-hydrogen) atoms. The van der Waals surface area contributed by atoms with Crippen LogP contribution in [-0.4, -0.2) is 33.8 Å². The molecule has 0 atom stereocenters. The minimum absolute atomic E-state index is 0.986. The van der Waals surface area contributed by atoms with E-state index in [1.165, 1.54) is 37.2 Å². The smallest absolute Gasteiger partial charge is 0.122 e. The van der Waals surface area contributed by atoms with Crippen molar-refractivity contribution in [2.24, 2.45) is 0 Å². The SMILES string of the molecule is CNCCc1cc(N2CCCC2)ccc1OC. The summed E-state index contributed by atoms with van der Waals surface area (Å²) in [5.41, 5.74) is 2.64. The highest BCUT2D eigenvalue weighted by molar-refractivity contribution is 5.53. The zero-order valence-corrected chi connectivity index (χ0v) is 10.8. The van der Waals surface area contributed by atoms with Crippen LogP contribution in [0.25, 0.3) is 0 Å². The van der Waals surface area contributed by atoms with Crippen LogP contribution in [0.1, 0.15) is 18.4 Å². The largest absolute Gasteiger partial charge is 0.496 e. The molecule has 3 nitrogen and oxygen atoms in total. The van der Waals surface area contributed by atoms with E-state index >= 15 is 0 Å². The van der Waals surface area contributed by atoms with Crippen LogP contribution in [0.5, 0.6) is 5.75 Å². The van der Waals surface area contributed by atoms with Crippen molar-refractivity contribution in [3.05, 3.63) is 23.8 Å². The Morgan fingerprint density at radius 2 is 2.06 bits per heavy atom. The van der Waals surface area contributed by atoms with Crippen LogP contribution in [0, 0.1) is 0 Å². The van der Waals surface area contributed by atoms with Crippen molar-refractivity contribution in [1.29, 1.82) is 0 Å². The Morgan fingerprint density at radius 1 is 1.29 bits per heavy atom. The molecule has 0 amide bonds. The minimum Gasteiger partial charge on any atom is -0.496 e. The van der Waals surface area contributed by atoms with Gasteiger partial charge in [-0.25, -0.2) is 0 Å². The Kier molecular flexibility index (Phi) is 4.26. The lowest BCUT2D eigenvalue weighted by molar-refractivity contribution is 0.409. The highest BCUT2D eigenvalue weighted by atomic mass is 16.5. The summed E-state index contributed by atoms with van der Waals surface area (Å²) in [6.45, 7) is 3.37. The average Bonchev–Trinajstić information content (AvgIpc) is 2.89. The molecule has 0 radical (unpaired) electrons. The van der Waals surface area contributed by atoms with Gasteiger partial charge in [0, 0.05) is 18.8 Å². The van der Waals surface area contributed by atoms with E-state index in [1.807, 2.05) is 7.05 Å². The number of nitrogens with zero attached hydrogens (tertiary/aromatic N) is 1. The zero-order valence-electron chi connectivity index (χ0n) is 10.8. The first-order valence-electron chi connectivity index (χ1n) is 6.41. The van der Waals surface area contributed by atoms with Gasteiger partial charge in [0.2, 0.25) is 0 Å². The van der Waals surface area contributed by atoms with Gasteiger partial charge in [-0.2, -0.15) is 0 Å². The van der Waals surface area contributed by atoms with E-state index in [0.29, 0.717) is 0 Å². The summed E-state index contributed by atoms with van der Waals surface area (Å²) in [7, 11) is 3.73. The minimum atomic E-state index is 0.986. The van der Waals surface area contributed by atoms with Crippen LogP contribution in [0.2, 0.25) is 0 Å². The van der Waals surface area contributed by atoms with Gasteiger partial charge in [-0.15, -0.1) is 0 Å². The Labute approximate surface area is 104 Å². The van der Waals surface area contributed by atoms with E-state index in [0.717, 1.165) is 18.7 Å². The molecule has 3 heteroatoms. The molecule has 1 aliphatic heterocycles. The second kappa shape index (κ2) is 5.92. The molecule has 0 spiro atoms. The van der Waals surface area contributed by atoms with Crippen molar-refractivity contribution in [2.45, 2.75) is 19.3 Å². The van der Waals surface area contributed by atoms with Gasteiger partial charge in [0.15, 0.2) is 0 Å². The molecule has 0 unspecified atom stereocenters. The fourth-order valence-corrected chi connectivity index (χ4v) is 2.39. The third-order valence-electron chi connectivity index (χ3n) is 3.38. The van der Waals surface area contributed by atoms with Crippen LogP contribution in [0.15, 0.2) is 18.2 Å². The topological polar surface area (TPSA) is 24.5 Å². The number of likely N-dealkylation sites (N-methyl/N-ethyl adjacent to an activating group) is 1. The quantitative estimate of drug-likeness (QED) is 0.844. The van der Waals surface area contributed by atoms with E-state index in [2.05, 4.69) is 28.4 Å². The second-order valence-electron chi connectivity index (χ2n) is 4.54. The molecule has 0 aliphatic carbocycles. The number of nitrogens with one attached hydrogen (secondary N) is 1. The van der Waals surface area contributed by atoms with E-state index < -0.39 is 0 Å². The number of methoxy groups -OCH3 is 1. The van der Waals surface area contributed by atoms with Gasteiger partial charge in [-0.1, -0.05) is 0 Å². The molecule has 94 valence electrons. The zero-order chi connectivity index (χ0) is 12.1. The molecule has 1 N–H and O–H groups in total. The maximum Gasteiger partial charge on any atom is 0.122 e. The summed E-state index contributed by atoms with van der Waals surface area (Å²) in [5, 5.41) is 3.19. The molecule has 1 saturated heterocycles. The third-order valence-corrected chi connectivity index (χ3v) is 3.38. The molecule has 1 aromatic carbocycles. The predicted molar refractivity (Wildman–Crippen MR) is 72.1 cm³/mol. The molecule has 0 bridgehead atoms. The summed E-state index contributed by atoms with van der Waals surface area (Å²) in [5.74, 6) is 1.00. The number of anilines is 1. The van der Waals surface area contributed by atoms with Crippen molar-refractivity contribution in [3.63, 3.8) is 0 Å². The summed E-state index contributed by atoms with van der Waals surface area (Å²) in [6.07, 6.45) is 3.65. The first-order chi connectivity index (χ1) is 8.35. The van der Waals surface area contributed by atoms with Crippen molar-refractivity contribution in [3.8, 4) is 5.75 Å². The van der Waals surface area contributed by atoms with Crippen LogP contribution in [0.4, 0.5) is 5.69 Å². The van der Waals surface area contributed by atoms with Gasteiger partial charge in [0.1, 0.15) is 5.75 Å². The fraction of sp³-hybridized carbons (Fsp3) is 0.571. The highest BCUT2D eigenvalue weighted by Gasteiger charge is 2.13. The Hall–Kier alpha value is -1.22. The summed E-state index contributed by atoms with van der Waals surface area (Å²) < 4.78 is 5.41. The van der Waals surface area contributed by atoms with E-state index in [9.17, 15) is 0 Å². The summed E-state index contributed by atoms with van der Waals surface area (Å²) >= 11 is 0. The molecular formula is C14H22N2O. The number of hydrogen-bond donors (Lipinski definition) is 1. The van der Waals surface area contributed by atoms with Gasteiger partial charge in [0.05, 0.1) is 7.11 Å². The molecule has 1 aromatic rings. The van der Waals surface area contributed by atoms with Crippen molar-refractivity contribution >= 4 is 5.69 Å². The highest BCUT2D eigenvalue weighted by Crippen LogP contribution is 2.27. The number of benzene rings is 1. The average molecular weight is 234 g/mol. The van der Waals surface area contributed by atoms with E-state index in [-0.39, 0.29) is 0 Å². The summed E-state index contributed by atoms with van der Waals surface area (Å²) in [4.78, 5) is 2.46. The second-order valence-corrected chi connectivity index (χ2v) is 4.54. The molecule has 1 heterocycles. The summed E-state index contributed by atoms with van der Waals surface area (Å²) in [6, 6.07) is 6.55. The maximum absolute atomic E-state index is 5.41. The van der Waals surface area contributed by atoms with Crippen molar-refractivity contribution in [2.75, 3.05) is 38.7 Å². The van der Waals surface area contributed by atoms with Crippen molar-refractivity contribution < 1.29 is 4.74 Å². The Morgan fingerprint density at radius 3 is 2.71 bits per heavy atom. The van der Waals surface area contributed by atoms with Crippen LogP contribution in [0.3, 0.4) is 0 Å². The fourth-order valence-electron chi connectivity index (χ4n) is 2.39. The monoisotopic (exact) mass is 234 g/mol. The van der Waals surface area contributed by atoms with Crippen LogP contribution < -0.4 is 15.0 Å². The third kappa shape index (κ3) is 2.91. The van der Waals surface area contributed by atoms with Crippen LogP contribution >= 0.6 is 0 Å². The Balaban J connectivity index is 2.17. The molecule has 2 rings (SSSR count). The van der Waals surface area contributed by atoms with E-state index in [1.54, 1.807) is 7.11 Å². The lowest BCUT2D eigenvalue weighted by Crippen LogP contribution is -2.18. The first-order valence-corrected chi connectivity index (χ1v) is 6.41. The number of hydrogen-bond acceptors (Lipinski definition) is 3. The van der Waals surface area contributed by atoms with Gasteiger partial charge in [-0.05, 0) is 56.6 Å². The standard InChI is InChI=1S/C14H22N2O/c1-15-8-7-12-11-13(5-6-14(12)17-2)16-9-3-4-10-16/h5-6,11,15H,3-4,7-10H2,1-2H3. The van der Waals surface area contributed by atoms with Gasteiger partial charge < -0.3 is 15.0 Å². The molecule has 1 aliphatic rings. The van der Waals surface area contributed by atoms with E-state index in [4.69, 9.17) is 4.74 Å². The lowest BCUT2D eigenvalue weighted by Gasteiger charge is -2.19. The van der Waals surface area contributed by atoms with Gasteiger partial charge in [-0.3, -0.25) is 0 Å². The number of ether oxygens (including phenoxy) is 1. The van der Waals surface area contributed by atoms with Crippen LogP contribution in [-0.2, 0) is 6.42 Å². The van der Waals surface area contributed by atoms with Crippen molar-refractivity contribution in [1.82, 2.24) is 5.32 Å². The predicted octanol–water partition coefficient (Wildman–Crippen LogP) is 2.06. The molecule has 1 fully saturated rings. The maximum atomic E-state index is 5.41. The van der Waals surface area contributed by atoms with Gasteiger partial charge >= 0.3 is 0 Å². The molecule has 0 aromatic heterocycles. The molecular weight excluding hydrogens is 212 g/mol. The Bertz CT molecular complexity index is 359. The lowest BCUT2D eigenvalue weighted by atomic mass is 10.1. The normalized spacial score (nSPS) is 15.3. The number of rotatable bonds is 5. The van der Waals surface area contributed by atoms with Gasteiger partial charge in [0.25, 0.3) is 0 Å².